The number of nitrogens with zero attached hydrogens (tertiary/aromatic N) is 1. The summed E-state index contributed by atoms with van der Waals surface area (Å²) in [5.74, 6) is 0. The summed E-state index contributed by atoms with van der Waals surface area (Å²) in [4.78, 5) is 18.3. The van der Waals surface area contributed by atoms with Crippen molar-refractivity contribution >= 4 is 22.9 Å². The van der Waals surface area contributed by atoms with Gasteiger partial charge in [0, 0.05) is 17.4 Å². The Morgan fingerprint density at radius 2 is 2.20 bits per heavy atom. The maximum Gasteiger partial charge on any atom is 0.170 e. The molecule has 0 saturated carbocycles. The van der Waals surface area contributed by atoms with Gasteiger partial charge in [0.25, 0.3) is 0 Å². The fraction of sp³-hybridized carbons (Fsp3) is 0.167. The van der Waals surface area contributed by atoms with Gasteiger partial charge in [-0.3, -0.25) is 9.79 Å². The molecule has 0 saturated heterocycles. The van der Waals surface area contributed by atoms with Crippen LogP contribution in [-0.4, -0.2) is 23.5 Å². The number of hydrogen-bond acceptors (Lipinski definition) is 2. The molecule has 2 heterocycles. The molecule has 0 unspecified atom stereocenters. The van der Waals surface area contributed by atoms with Crippen molar-refractivity contribution in [1.82, 2.24) is 4.98 Å². The van der Waals surface area contributed by atoms with Gasteiger partial charge in [-0.15, -0.1) is 0 Å². The molecule has 0 aliphatic carbocycles. The van der Waals surface area contributed by atoms with E-state index in [1.165, 1.54) is 10.9 Å². The zero-order valence-electron chi connectivity index (χ0n) is 8.16. The molecule has 1 N–H and O–H groups in total. The van der Waals surface area contributed by atoms with Crippen LogP contribution in [0.15, 0.2) is 29.3 Å². The van der Waals surface area contributed by atoms with Crippen LogP contribution in [0, 0.1) is 0 Å². The van der Waals surface area contributed by atoms with E-state index in [1.807, 2.05) is 18.2 Å². The van der Waals surface area contributed by atoms with Gasteiger partial charge in [0.1, 0.15) is 5.71 Å². The molecule has 3 nitrogen and oxygen atoms in total. The van der Waals surface area contributed by atoms with Crippen LogP contribution in [0.4, 0.5) is 0 Å². The second-order valence-electron chi connectivity index (χ2n) is 3.66. The van der Waals surface area contributed by atoms with Crippen LogP contribution >= 0.6 is 0 Å². The minimum absolute atomic E-state index is 0.549. The van der Waals surface area contributed by atoms with Crippen LogP contribution in [0.2, 0.25) is 0 Å². The Bertz CT molecular complexity index is 566. The highest BCUT2D eigenvalue weighted by atomic mass is 16.1. The molecule has 0 spiro atoms. The maximum atomic E-state index is 10.8. The minimum atomic E-state index is 0.549. The largest absolute Gasteiger partial charge is 0.353 e. The van der Waals surface area contributed by atoms with Gasteiger partial charge in [0.05, 0.1) is 5.69 Å². The second-order valence-corrected chi connectivity index (χ2v) is 3.66. The molecule has 15 heavy (non-hydrogen) atoms. The molecule has 0 amide bonds. The van der Waals surface area contributed by atoms with E-state index in [0.29, 0.717) is 12.3 Å². The standard InChI is InChI=1S/C12H10N2O/c15-7-11-12-9(5-6-13-11)8-3-1-2-4-10(8)14-12/h1-4,7,14H,5-6H2. The summed E-state index contributed by atoms with van der Waals surface area (Å²) < 4.78 is 0. The van der Waals surface area contributed by atoms with Crippen molar-refractivity contribution in [1.29, 1.82) is 0 Å². The van der Waals surface area contributed by atoms with Crippen molar-refractivity contribution in [3.63, 3.8) is 0 Å². The number of para-hydroxylation sites is 1. The summed E-state index contributed by atoms with van der Waals surface area (Å²) >= 11 is 0. The van der Waals surface area contributed by atoms with E-state index in [-0.39, 0.29) is 0 Å². The van der Waals surface area contributed by atoms with Gasteiger partial charge in [-0.25, -0.2) is 0 Å². The van der Waals surface area contributed by atoms with E-state index in [0.717, 1.165) is 23.9 Å². The van der Waals surface area contributed by atoms with Crippen LogP contribution < -0.4 is 0 Å². The average molecular weight is 198 g/mol. The Labute approximate surface area is 86.8 Å². The number of rotatable bonds is 1. The van der Waals surface area contributed by atoms with Crippen molar-refractivity contribution < 1.29 is 4.79 Å². The zero-order valence-corrected chi connectivity index (χ0v) is 8.16. The SMILES string of the molecule is O=CC1=NCCc2c1[nH]c1ccccc21. The predicted molar refractivity (Wildman–Crippen MR) is 59.5 cm³/mol. The van der Waals surface area contributed by atoms with E-state index in [2.05, 4.69) is 16.0 Å². The van der Waals surface area contributed by atoms with E-state index in [9.17, 15) is 4.79 Å². The van der Waals surface area contributed by atoms with Gasteiger partial charge in [0.15, 0.2) is 6.29 Å². The molecule has 2 aromatic rings. The Kier molecular flexibility index (Phi) is 1.71. The third kappa shape index (κ3) is 1.13. The summed E-state index contributed by atoms with van der Waals surface area (Å²) in [6, 6.07) is 8.11. The lowest BCUT2D eigenvalue weighted by Gasteiger charge is -2.07. The first-order valence-electron chi connectivity index (χ1n) is 5.00. The molecule has 0 radical (unpaired) electrons. The Morgan fingerprint density at radius 1 is 1.33 bits per heavy atom. The first-order chi connectivity index (χ1) is 7.40. The van der Waals surface area contributed by atoms with E-state index in [1.54, 1.807) is 0 Å². The van der Waals surface area contributed by atoms with Crippen LogP contribution in [0.25, 0.3) is 10.9 Å². The minimum Gasteiger partial charge on any atom is -0.353 e. The molecule has 3 heteroatoms. The van der Waals surface area contributed by atoms with Gasteiger partial charge in [-0.05, 0) is 18.1 Å². The van der Waals surface area contributed by atoms with Gasteiger partial charge >= 0.3 is 0 Å². The van der Waals surface area contributed by atoms with Gasteiger partial charge in [-0.1, -0.05) is 18.2 Å². The summed E-state index contributed by atoms with van der Waals surface area (Å²) in [7, 11) is 0. The normalized spacial score (nSPS) is 14.8. The highest BCUT2D eigenvalue weighted by Gasteiger charge is 2.18. The quantitative estimate of drug-likeness (QED) is 0.696. The third-order valence-corrected chi connectivity index (χ3v) is 2.83. The number of benzene rings is 1. The first-order valence-corrected chi connectivity index (χ1v) is 5.00. The molecule has 1 aromatic carbocycles. The van der Waals surface area contributed by atoms with Crippen molar-refractivity contribution in [2.24, 2.45) is 4.99 Å². The molecular weight excluding hydrogens is 188 g/mol. The number of carbonyl (C=O) groups excluding carboxylic acids is 1. The zero-order chi connectivity index (χ0) is 10.3. The van der Waals surface area contributed by atoms with Crippen molar-refractivity contribution in [3.8, 4) is 0 Å². The molecule has 3 rings (SSSR count). The number of H-pyrrole nitrogens is 1. The molecule has 1 aliphatic heterocycles. The van der Waals surface area contributed by atoms with Gasteiger partial charge in [-0.2, -0.15) is 0 Å². The van der Waals surface area contributed by atoms with Crippen molar-refractivity contribution in [2.75, 3.05) is 6.54 Å². The molecule has 1 aliphatic rings. The predicted octanol–water partition coefficient (Wildman–Crippen LogP) is 1.71. The fourth-order valence-electron chi connectivity index (χ4n) is 2.14. The summed E-state index contributed by atoms with van der Waals surface area (Å²) in [6.45, 7) is 0.711. The number of aromatic amines is 1. The molecule has 0 fully saturated rings. The second kappa shape index (κ2) is 3.05. The fourth-order valence-corrected chi connectivity index (χ4v) is 2.14. The maximum absolute atomic E-state index is 10.8. The summed E-state index contributed by atoms with van der Waals surface area (Å²) in [6.07, 6.45) is 1.74. The number of hydrogen-bond donors (Lipinski definition) is 1. The monoisotopic (exact) mass is 198 g/mol. The molecule has 74 valence electrons. The van der Waals surface area contributed by atoms with E-state index >= 15 is 0 Å². The Morgan fingerprint density at radius 3 is 3.07 bits per heavy atom. The number of nitrogens with one attached hydrogen (secondary N) is 1. The van der Waals surface area contributed by atoms with E-state index < -0.39 is 0 Å². The van der Waals surface area contributed by atoms with Crippen molar-refractivity contribution in [3.05, 3.63) is 35.5 Å². The third-order valence-electron chi connectivity index (χ3n) is 2.83. The lowest BCUT2D eigenvalue weighted by molar-refractivity contribution is -0.102. The molecule has 0 bridgehead atoms. The number of aldehydes is 1. The van der Waals surface area contributed by atoms with Gasteiger partial charge in [0.2, 0.25) is 0 Å². The average Bonchev–Trinajstić information content (AvgIpc) is 2.67. The number of aliphatic imine (C=N–C) groups is 1. The van der Waals surface area contributed by atoms with Crippen LogP contribution in [0.3, 0.4) is 0 Å². The summed E-state index contributed by atoms with van der Waals surface area (Å²) in [5, 5.41) is 1.21. The highest BCUT2D eigenvalue weighted by Crippen LogP contribution is 2.25. The first kappa shape index (κ1) is 8.41. The molecule has 1 aromatic heterocycles. The number of carbonyl (C=O) groups is 1. The van der Waals surface area contributed by atoms with Gasteiger partial charge < -0.3 is 4.98 Å². The van der Waals surface area contributed by atoms with E-state index in [4.69, 9.17) is 0 Å². The topological polar surface area (TPSA) is 45.2 Å². The Hall–Kier alpha value is -1.90. The Balaban J connectivity index is 2.35. The molecular formula is C12H10N2O. The van der Waals surface area contributed by atoms with Crippen LogP contribution in [-0.2, 0) is 11.2 Å². The lowest BCUT2D eigenvalue weighted by atomic mass is 10.0. The number of aromatic nitrogens is 1. The smallest absolute Gasteiger partial charge is 0.170 e. The lowest BCUT2D eigenvalue weighted by Crippen LogP contribution is -2.13. The number of fused-ring (bicyclic) bond motifs is 3. The highest BCUT2D eigenvalue weighted by molar-refractivity contribution is 6.37. The van der Waals surface area contributed by atoms with Crippen molar-refractivity contribution in [2.45, 2.75) is 6.42 Å². The van der Waals surface area contributed by atoms with Crippen LogP contribution in [0.5, 0.6) is 0 Å². The van der Waals surface area contributed by atoms with Crippen LogP contribution in [0.1, 0.15) is 11.3 Å². The molecule has 0 atom stereocenters. The summed E-state index contributed by atoms with van der Waals surface area (Å²) in [5.41, 5.74) is 3.76.